The van der Waals surface area contributed by atoms with Gasteiger partial charge in [0.2, 0.25) is 0 Å². The molecule has 0 bridgehead atoms. The molecule has 1 aromatic heterocycles. The van der Waals surface area contributed by atoms with Gasteiger partial charge in [0.1, 0.15) is 12.9 Å². The maximum absolute atomic E-state index is 4.81. The van der Waals surface area contributed by atoms with Crippen LogP contribution in [0.15, 0.2) is 40.1 Å². The predicted octanol–water partition coefficient (Wildman–Crippen LogP) is 3.52. The first-order valence-electron chi connectivity index (χ1n) is 10.0. The molecule has 0 aliphatic carbocycles. The van der Waals surface area contributed by atoms with Gasteiger partial charge in [0.05, 0.1) is 0 Å². The van der Waals surface area contributed by atoms with E-state index >= 15 is 0 Å². The van der Waals surface area contributed by atoms with E-state index in [1.807, 2.05) is 4.57 Å². The highest BCUT2D eigenvalue weighted by atomic mass is 127. The summed E-state index contributed by atoms with van der Waals surface area (Å²) in [6.45, 7) is 12.7. The van der Waals surface area contributed by atoms with Crippen molar-refractivity contribution in [3.05, 3.63) is 46.5 Å². The summed E-state index contributed by atoms with van der Waals surface area (Å²) >= 11 is 3.52. The Labute approximate surface area is 199 Å². The van der Waals surface area contributed by atoms with E-state index in [1.54, 1.807) is 6.33 Å². The largest absolute Gasteiger partial charge is 0.357 e. The zero-order chi connectivity index (χ0) is 19.9. The molecule has 0 saturated carbocycles. The molecule has 3 rings (SSSR count). The van der Waals surface area contributed by atoms with Crippen LogP contribution < -0.4 is 5.32 Å². The number of rotatable bonds is 6. The van der Waals surface area contributed by atoms with Crippen LogP contribution in [0.2, 0.25) is 0 Å². The lowest BCUT2D eigenvalue weighted by molar-refractivity contribution is 0.138. The maximum Gasteiger partial charge on any atom is 0.194 e. The Balaban J connectivity index is 0.00000300. The first-order valence-corrected chi connectivity index (χ1v) is 10.8. The van der Waals surface area contributed by atoms with E-state index in [4.69, 9.17) is 4.99 Å². The molecule has 29 heavy (non-hydrogen) atoms. The third-order valence-corrected chi connectivity index (χ3v) is 5.78. The summed E-state index contributed by atoms with van der Waals surface area (Å²) in [4.78, 5) is 9.70. The van der Waals surface area contributed by atoms with Crippen LogP contribution in [0.25, 0.3) is 0 Å². The smallest absolute Gasteiger partial charge is 0.194 e. The number of nitrogens with one attached hydrogen (secondary N) is 1. The zero-order valence-electron chi connectivity index (χ0n) is 17.4. The Morgan fingerprint density at radius 1 is 1.17 bits per heavy atom. The molecule has 9 heteroatoms. The third kappa shape index (κ3) is 6.39. The normalized spacial score (nSPS) is 16.4. The van der Waals surface area contributed by atoms with Gasteiger partial charge >= 0.3 is 0 Å². The number of guanidine groups is 1. The lowest BCUT2D eigenvalue weighted by Gasteiger charge is -2.39. The van der Waals surface area contributed by atoms with E-state index in [9.17, 15) is 0 Å². The second-order valence-corrected chi connectivity index (χ2v) is 7.87. The average molecular weight is 576 g/mol. The van der Waals surface area contributed by atoms with Gasteiger partial charge in [-0.15, -0.1) is 34.2 Å². The molecule has 1 saturated heterocycles. The van der Waals surface area contributed by atoms with Gasteiger partial charge in [0.25, 0.3) is 0 Å². The summed E-state index contributed by atoms with van der Waals surface area (Å²) in [5, 5.41) is 11.6. The van der Waals surface area contributed by atoms with Crippen molar-refractivity contribution in [2.24, 2.45) is 4.99 Å². The lowest BCUT2D eigenvalue weighted by atomic mass is 10.1. The van der Waals surface area contributed by atoms with Gasteiger partial charge in [-0.1, -0.05) is 28.1 Å². The van der Waals surface area contributed by atoms with E-state index in [0.717, 1.165) is 55.5 Å². The summed E-state index contributed by atoms with van der Waals surface area (Å²) in [5.74, 6) is 1.87. The summed E-state index contributed by atoms with van der Waals surface area (Å²) < 4.78 is 3.16. The predicted molar refractivity (Wildman–Crippen MR) is 132 cm³/mol. The number of halogens is 2. The van der Waals surface area contributed by atoms with Crippen molar-refractivity contribution in [1.82, 2.24) is 29.9 Å². The Morgan fingerprint density at radius 2 is 1.86 bits per heavy atom. The van der Waals surface area contributed by atoms with E-state index in [-0.39, 0.29) is 24.0 Å². The molecule has 1 aromatic carbocycles. The van der Waals surface area contributed by atoms with Crippen LogP contribution in [0.3, 0.4) is 0 Å². The Bertz CT molecular complexity index is 769. The molecule has 0 amide bonds. The molecular weight excluding hydrogens is 545 g/mol. The molecule has 1 N–H and O–H groups in total. The topological polar surface area (TPSA) is 61.6 Å². The number of aliphatic imine (C=N–C) groups is 1. The summed E-state index contributed by atoms with van der Waals surface area (Å²) in [5.41, 5.74) is 1.36. The van der Waals surface area contributed by atoms with Crippen molar-refractivity contribution in [1.29, 1.82) is 0 Å². The molecule has 0 spiro atoms. The molecular formula is C20H31BrIN7. The molecule has 2 heterocycles. The molecule has 1 aliphatic rings. The lowest BCUT2D eigenvalue weighted by Crippen LogP contribution is -2.52. The molecule has 1 aliphatic heterocycles. The molecule has 1 unspecified atom stereocenters. The molecule has 1 fully saturated rings. The monoisotopic (exact) mass is 575 g/mol. The molecule has 7 nitrogen and oxygen atoms in total. The van der Waals surface area contributed by atoms with Crippen molar-refractivity contribution >= 4 is 45.9 Å². The average Bonchev–Trinajstić information content (AvgIpc) is 3.19. The van der Waals surface area contributed by atoms with Gasteiger partial charge in [-0.05, 0) is 38.5 Å². The summed E-state index contributed by atoms with van der Waals surface area (Å²) in [7, 11) is 0. The third-order valence-electron chi connectivity index (χ3n) is 5.26. The van der Waals surface area contributed by atoms with Crippen molar-refractivity contribution in [3.8, 4) is 0 Å². The molecule has 2 aromatic rings. The first kappa shape index (κ1) is 24.1. The van der Waals surface area contributed by atoms with Crippen LogP contribution in [0.5, 0.6) is 0 Å². The van der Waals surface area contributed by atoms with Crippen molar-refractivity contribution in [2.75, 3.05) is 32.7 Å². The maximum atomic E-state index is 4.81. The highest BCUT2D eigenvalue weighted by Gasteiger charge is 2.23. The number of hydrogen-bond acceptors (Lipinski definition) is 4. The number of benzene rings is 1. The number of hydrogen-bond donors (Lipinski definition) is 1. The second-order valence-electron chi connectivity index (χ2n) is 6.95. The molecule has 1 atom stereocenters. The first-order chi connectivity index (χ1) is 13.6. The van der Waals surface area contributed by atoms with Crippen molar-refractivity contribution in [3.63, 3.8) is 0 Å². The van der Waals surface area contributed by atoms with E-state index in [0.29, 0.717) is 12.6 Å². The van der Waals surface area contributed by atoms with Crippen LogP contribution >= 0.6 is 39.9 Å². The van der Waals surface area contributed by atoms with Gasteiger partial charge in [0, 0.05) is 49.8 Å². The minimum Gasteiger partial charge on any atom is -0.357 e. The Hall–Kier alpha value is -1.20. The fraction of sp³-hybridized carbons (Fsp3) is 0.550. The minimum absolute atomic E-state index is 0. The van der Waals surface area contributed by atoms with Gasteiger partial charge in [-0.2, -0.15) is 0 Å². The number of aromatic nitrogens is 3. The van der Waals surface area contributed by atoms with Crippen LogP contribution in [0.1, 0.15) is 38.2 Å². The van der Waals surface area contributed by atoms with Gasteiger partial charge in [-0.25, -0.2) is 4.99 Å². The zero-order valence-corrected chi connectivity index (χ0v) is 21.3. The quantitative estimate of drug-likeness (QED) is 0.324. The fourth-order valence-electron chi connectivity index (χ4n) is 3.51. The van der Waals surface area contributed by atoms with Crippen LogP contribution in [-0.4, -0.2) is 63.2 Å². The van der Waals surface area contributed by atoms with E-state index < -0.39 is 0 Å². The Kier molecular flexibility index (Phi) is 9.84. The van der Waals surface area contributed by atoms with Gasteiger partial charge < -0.3 is 14.8 Å². The second kappa shape index (κ2) is 11.8. The van der Waals surface area contributed by atoms with Gasteiger partial charge in [-0.3, -0.25) is 4.90 Å². The molecule has 0 radical (unpaired) electrons. The number of nitrogens with zero attached hydrogens (tertiary/aromatic N) is 6. The van der Waals surface area contributed by atoms with Crippen molar-refractivity contribution < 1.29 is 0 Å². The van der Waals surface area contributed by atoms with Crippen LogP contribution in [-0.2, 0) is 13.1 Å². The van der Waals surface area contributed by atoms with Crippen molar-refractivity contribution in [2.45, 2.75) is 39.9 Å². The highest BCUT2D eigenvalue weighted by Crippen LogP contribution is 2.23. The number of piperazine rings is 1. The highest BCUT2D eigenvalue weighted by molar-refractivity contribution is 14.0. The van der Waals surface area contributed by atoms with Crippen LogP contribution in [0, 0.1) is 0 Å². The number of aryl methyl sites for hydroxylation is 1. The SMILES string of the molecule is CCNC(=NCc1nncn1CC)N1CCN(C(C)c2ccc(Br)cc2)CC1.I. The summed E-state index contributed by atoms with van der Waals surface area (Å²) in [6, 6.07) is 9.06. The Morgan fingerprint density at radius 3 is 2.48 bits per heavy atom. The minimum atomic E-state index is 0. The van der Waals surface area contributed by atoms with Gasteiger partial charge in [0.15, 0.2) is 11.8 Å². The fourth-order valence-corrected chi connectivity index (χ4v) is 3.77. The summed E-state index contributed by atoms with van der Waals surface area (Å²) in [6.07, 6.45) is 1.76. The van der Waals surface area contributed by atoms with E-state index in [2.05, 4.69) is 86.3 Å². The molecule has 160 valence electrons. The van der Waals surface area contributed by atoms with E-state index in [1.165, 1.54) is 5.56 Å². The standard InChI is InChI=1S/C20H30BrN7.HI/c1-4-22-20(23-14-19-25-24-15-26(19)5-2)28-12-10-27(11-13-28)16(3)17-6-8-18(21)9-7-17;/h6-9,15-16H,4-5,10-14H2,1-3H3,(H,22,23);1H. The van der Waals surface area contributed by atoms with Crippen LogP contribution in [0.4, 0.5) is 0 Å².